The minimum atomic E-state index is 0.350. The molecular formula is C74H64. The van der Waals surface area contributed by atoms with Gasteiger partial charge in [-0.3, -0.25) is 0 Å². The van der Waals surface area contributed by atoms with Crippen LogP contribution in [-0.4, -0.2) is 0 Å². The van der Waals surface area contributed by atoms with Crippen molar-refractivity contribution in [1.29, 1.82) is 0 Å². The van der Waals surface area contributed by atoms with Crippen LogP contribution in [0.3, 0.4) is 0 Å². The van der Waals surface area contributed by atoms with Crippen molar-refractivity contribution in [3.8, 4) is 11.1 Å². The fourth-order valence-electron chi connectivity index (χ4n) is 14.1. The highest BCUT2D eigenvalue weighted by Gasteiger charge is 2.27. The Kier molecular flexibility index (Phi) is 11.8. The van der Waals surface area contributed by atoms with Crippen LogP contribution in [-0.2, 0) is 0 Å². The number of hydrogen-bond acceptors (Lipinski definition) is 0. The summed E-state index contributed by atoms with van der Waals surface area (Å²) in [5.74, 6) is 0.721. The molecule has 2 unspecified atom stereocenters. The zero-order chi connectivity index (χ0) is 49.0. The molecule has 360 valence electrons. The first kappa shape index (κ1) is 45.1. The van der Waals surface area contributed by atoms with Crippen LogP contribution in [0.4, 0.5) is 0 Å². The second-order valence-corrected chi connectivity index (χ2v) is 21.8. The van der Waals surface area contributed by atoms with Crippen molar-refractivity contribution >= 4 is 68.1 Å². The fraction of sp³-hybridized carbons (Fsp3) is 0.216. The van der Waals surface area contributed by atoms with Crippen molar-refractivity contribution in [1.82, 2.24) is 0 Å². The number of fused-ring (bicyclic) bond motifs is 5. The van der Waals surface area contributed by atoms with E-state index in [1.165, 1.54) is 131 Å². The highest BCUT2D eigenvalue weighted by molar-refractivity contribution is 6.06. The molecule has 0 N–H and O–H groups in total. The van der Waals surface area contributed by atoms with Crippen LogP contribution in [0.25, 0.3) is 79.3 Å². The van der Waals surface area contributed by atoms with E-state index in [2.05, 4.69) is 206 Å². The predicted octanol–water partition coefficient (Wildman–Crippen LogP) is 14.7. The van der Waals surface area contributed by atoms with Crippen molar-refractivity contribution in [2.45, 2.75) is 89.9 Å². The lowest BCUT2D eigenvalue weighted by Crippen LogP contribution is -2.41. The first-order chi connectivity index (χ1) is 36.7. The summed E-state index contributed by atoms with van der Waals surface area (Å²) < 4.78 is 0. The topological polar surface area (TPSA) is 0 Å². The van der Waals surface area contributed by atoms with E-state index in [0.29, 0.717) is 11.8 Å². The molecule has 0 aliphatic heterocycles. The molecule has 74 heavy (non-hydrogen) atoms. The normalized spacial score (nSPS) is 20.9. The first-order valence-electron chi connectivity index (χ1n) is 28.0. The van der Waals surface area contributed by atoms with Crippen molar-refractivity contribution in [2.75, 3.05) is 0 Å². The van der Waals surface area contributed by atoms with Gasteiger partial charge in [0.1, 0.15) is 0 Å². The summed E-state index contributed by atoms with van der Waals surface area (Å²) >= 11 is 0. The molecule has 0 bridgehead atoms. The Labute approximate surface area is 436 Å². The maximum absolute atomic E-state index is 2.68. The summed E-state index contributed by atoms with van der Waals surface area (Å²) in [6.07, 6.45) is 59.0. The second kappa shape index (κ2) is 19.4. The van der Waals surface area contributed by atoms with E-state index in [4.69, 9.17) is 0 Å². The van der Waals surface area contributed by atoms with E-state index < -0.39 is 0 Å². The van der Waals surface area contributed by atoms with Gasteiger partial charge in [0.25, 0.3) is 0 Å². The summed E-state index contributed by atoms with van der Waals surface area (Å²) in [5.41, 5.74) is 20.2. The minimum Gasteiger partial charge on any atom is -0.0842 e. The summed E-state index contributed by atoms with van der Waals surface area (Å²) in [7, 11) is 0. The lowest BCUT2D eigenvalue weighted by molar-refractivity contribution is 0.827. The number of allylic oxidation sites excluding steroid dienone is 20. The van der Waals surface area contributed by atoms with E-state index in [9.17, 15) is 0 Å². The number of hydrogen-bond donors (Lipinski definition) is 0. The summed E-state index contributed by atoms with van der Waals surface area (Å²) in [6.45, 7) is 0. The second-order valence-electron chi connectivity index (χ2n) is 21.8. The van der Waals surface area contributed by atoms with E-state index in [-0.39, 0.29) is 0 Å². The molecule has 0 spiro atoms. The Hall–Kier alpha value is -7.54. The molecule has 0 radical (unpaired) electrons. The van der Waals surface area contributed by atoms with Gasteiger partial charge in [0.15, 0.2) is 0 Å². The lowest BCUT2D eigenvalue weighted by Gasteiger charge is -2.27. The molecule has 8 aliphatic carbocycles. The third-order valence-corrected chi connectivity index (χ3v) is 17.6. The lowest BCUT2D eigenvalue weighted by atomic mass is 9.77. The molecule has 0 fully saturated rings. The Bertz CT molecular complexity index is 4100. The van der Waals surface area contributed by atoms with Crippen molar-refractivity contribution in [2.24, 2.45) is 11.8 Å². The summed E-state index contributed by atoms with van der Waals surface area (Å²) in [5, 5.41) is 13.9. The smallest absolute Gasteiger partial charge is 0.00589 e. The summed E-state index contributed by atoms with van der Waals surface area (Å²) in [4.78, 5) is 0. The average molecular weight is 953 g/mol. The molecule has 0 saturated heterocycles. The van der Waals surface area contributed by atoms with E-state index in [1.807, 2.05) is 0 Å². The third kappa shape index (κ3) is 7.97. The van der Waals surface area contributed by atoms with E-state index in [1.54, 1.807) is 0 Å². The fourth-order valence-corrected chi connectivity index (χ4v) is 14.1. The molecule has 0 nitrogen and oxygen atoms in total. The van der Waals surface area contributed by atoms with Crippen LogP contribution < -0.4 is 31.3 Å². The number of benzene rings is 6. The standard InChI is InChI=1S/C74H64/c1-5-19-49(20-6-1)53-33-37-55(38-34-53)71-61-29-15-17-31-63(61)73(67-43-41-57(47-69(67)71)51-23-9-3-10-24-51)65-45-46-66(60-28-14-13-27-59(60)65)74-64-32-18-16-30-62(64)72(56-39-35-54(36-40-56)50-21-7-2-8-22-50)70-48-58(42-44-68(70)74)52-25-11-4-12-26-52/h1-2,5,7,9,11,13-19,21,23-35,37-39,43-44,47-48,57-58H,3-4,6,8,10,12,20,22,36,40-42,45-46H2. The molecule has 6 aromatic rings. The van der Waals surface area contributed by atoms with Gasteiger partial charge < -0.3 is 0 Å². The molecule has 0 amide bonds. The van der Waals surface area contributed by atoms with Gasteiger partial charge in [-0.15, -0.1) is 0 Å². The van der Waals surface area contributed by atoms with Gasteiger partial charge >= 0.3 is 0 Å². The van der Waals surface area contributed by atoms with Gasteiger partial charge in [-0.25, -0.2) is 0 Å². The van der Waals surface area contributed by atoms with Crippen molar-refractivity contribution in [3.63, 3.8) is 0 Å². The Morgan fingerprint density at radius 2 is 0.797 bits per heavy atom. The average Bonchev–Trinajstić information content (AvgIpc) is 3.48. The molecule has 6 aromatic carbocycles. The molecule has 0 aromatic heterocycles. The third-order valence-electron chi connectivity index (χ3n) is 17.6. The molecular weight excluding hydrogens is 889 g/mol. The molecule has 2 atom stereocenters. The van der Waals surface area contributed by atoms with Crippen molar-refractivity contribution < 1.29 is 0 Å². The quantitative estimate of drug-likeness (QED) is 0.143. The van der Waals surface area contributed by atoms with Gasteiger partial charge in [0.05, 0.1) is 0 Å². The van der Waals surface area contributed by atoms with Crippen LogP contribution in [0.1, 0.15) is 112 Å². The Morgan fingerprint density at radius 1 is 0.324 bits per heavy atom. The monoisotopic (exact) mass is 953 g/mol. The van der Waals surface area contributed by atoms with Crippen LogP contribution >= 0.6 is 0 Å². The maximum Gasteiger partial charge on any atom is 0.00589 e. The zero-order valence-electron chi connectivity index (χ0n) is 42.7. The molecule has 8 aliphatic rings. The predicted molar refractivity (Wildman–Crippen MR) is 317 cm³/mol. The maximum atomic E-state index is 2.68. The van der Waals surface area contributed by atoms with Crippen LogP contribution in [0.5, 0.6) is 0 Å². The van der Waals surface area contributed by atoms with Crippen LogP contribution in [0.15, 0.2) is 204 Å². The summed E-state index contributed by atoms with van der Waals surface area (Å²) in [6, 6.07) is 37.8. The minimum absolute atomic E-state index is 0.350. The van der Waals surface area contributed by atoms with Gasteiger partial charge in [-0.1, -0.05) is 206 Å². The highest BCUT2D eigenvalue weighted by Crippen LogP contribution is 2.39. The van der Waals surface area contributed by atoms with Gasteiger partial charge in [-0.05, 0) is 221 Å². The SMILES string of the molecule is C1=CCCC(C2=CC=C(c3c4c(c(C5=c6ccccc6=C(c6c7c(c(-c8ccc(C9=CC=CCC9)cc8)c8ccccc68)=CC(C6=CCCC=C6)CC=7)CC5)c5ccccc35)=CCC(C3=CCCC=C3)C=4)CC2)=C1. The highest BCUT2D eigenvalue weighted by atomic mass is 14.3. The largest absolute Gasteiger partial charge is 0.0842 e. The molecule has 0 saturated carbocycles. The molecule has 0 heteroatoms. The first-order valence-corrected chi connectivity index (χ1v) is 28.0. The molecule has 14 rings (SSSR count). The molecule has 0 heterocycles. The van der Waals surface area contributed by atoms with Crippen LogP contribution in [0, 0.1) is 11.8 Å². The van der Waals surface area contributed by atoms with E-state index in [0.717, 1.165) is 89.9 Å². The zero-order valence-corrected chi connectivity index (χ0v) is 42.7. The van der Waals surface area contributed by atoms with Gasteiger partial charge in [0.2, 0.25) is 0 Å². The Balaban J connectivity index is 1.01. The van der Waals surface area contributed by atoms with Gasteiger partial charge in [0, 0.05) is 11.8 Å². The van der Waals surface area contributed by atoms with Crippen LogP contribution in [0.2, 0.25) is 0 Å². The van der Waals surface area contributed by atoms with Crippen molar-refractivity contribution in [3.05, 3.63) is 258 Å². The Morgan fingerprint density at radius 3 is 1.31 bits per heavy atom. The van der Waals surface area contributed by atoms with Gasteiger partial charge in [-0.2, -0.15) is 0 Å². The number of rotatable bonds is 8. The van der Waals surface area contributed by atoms with E-state index >= 15 is 0 Å².